The first-order valence-electron chi connectivity index (χ1n) is 9.25. The van der Waals surface area contributed by atoms with E-state index >= 15 is 0 Å². The van der Waals surface area contributed by atoms with E-state index in [0.29, 0.717) is 28.2 Å². The molecule has 0 aliphatic heterocycles. The summed E-state index contributed by atoms with van der Waals surface area (Å²) in [6.07, 6.45) is 0. The van der Waals surface area contributed by atoms with Crippen molar-refractivity contribution in [2.24, 2.45) is 10.2 Å². The van der Waals surface area contributed by atoms with Crippen LogP contribution in [0.4, 0.5) is 17.1 Å². The normalized spacial score (nSPS) is 9.84. The van der Waals surface area contributed by atoms with Gasteiger partial charge >= 0.3 is 0 Å². The van der Waals surface area contributed by atoms with Gasteiger partial charge in [0.15, 0.2) is 0 Å². The van der Waals surface area contributed by atoms with E-state index in [0.717, 1.165) is 5.56 Å². The number of aryl methyl sites for hydroxylation is 1. The Bertz CT molecular complexity index is 1160. The molecule has 0 fully saturated rings. The van der Waals surface area contributed by atoms with E-state index < -0.39 is 0 Å². The lowest BCUT2D eigenvalue weighted by molar-refractivity contribution is 0.102. The highest BCUT2D eigenvalue weighted by molar-refractivity contribution is 6.04. The molecule has 0 saturated carbocycles. The summed E-state index contributed by atoms with van der Waals surface area (Å²) in [4.78, 5) is 12.3. The minimum Gasteiger partial charge on any atom is -0.388 e. The first-order chi connectivity index (χ1) is 15.0. The number of rotatable bonds is 4. The van der Waals surface area contributed by atoms with Gasteiger partial charge in [-0.2, -0.15) is 15.6 Å². The van der Waals surface area contributed by atoms with E-state index in [4.69, 9.17) is 5.26 Å². The molecule has 31 heavy (non-hydrogen) atoms. The van der Waals surface area contributed by atoms with Crippen molar-refractivity contribution >= 4 is 23.0 Å². The summed E-state index contributed by atoms with van der Waals surface area (Å²) >= 11 is 0. The Morgan fingerprint density at radius 1 is 0.935 bits per heavy atom. The molecule has 0 aromatic heterocycles. The van der Waals surface area contributed by atoms with Crippen LogP contribution in [-0.4, -0.2) is 20.1 Å². The van der Waals surface area contributed by atoms with Crippen molar-refractivity contribution < 1.29 is 9.53 Å². The molecule has 0 spiro atoms. The Hall–Kier alpha value is -4.33. The number of nitrogens with zero attached hydrogens (tertiary/aromatic N) is 4. The van der Waals surface area contributed by atoms with E-state index in [-0.39, 0.29) is 11.5 Å². The van der Waals surface area contributed by atoms with Crippen LogP contribution < -0.4 is 5.32 Å². The molecule has 0 aliphatic carbocycles. The predicted molar refractivity (Wildman–Crippen MR) is 119 cm³/mol. The molecule has 154 valence electrons. The number of benzene rings is 3. The number of carbonyl (C=O) groups is 1. The molecule has 0 radical (unpaired) electrons. The first kappa shape index (κ1) is 23.0. The van der Waals surface area contributed by atoms with Crippen molar-refractivity contribution in [3.63, 3.8) is 0 Å². The first-order valence-corrected chi connectivity index (χ1v) is 9.25. The van der Waals surface area contributed by atoms with E-state index in [2.05, 4.69) is 20.3 Å². The molecule has 0 bridgehead atoms. The van der Waals surface area contributed by atoms with Crippen LogP contribution in [0.5, 0.6) is 0 Å². The molecule has 1 amide bonds. The van der Waals surface area contributed by atoms with E-state index in [1.54, 1.807) is 56.7 Å². The highest BCUT2D eigenvalue weighted by Gasteiger charge is 2.08. The second-order valence-corrected chi connectivity index (χ2v) is 6.38. The fraction of sp³-hybridized carbons (Fsp3) is 0.125. The molecule has 0 heterocycles. The number of nitrogens with one attached hydrogen (secondary N) is 1. The van der Waals surface area contributed by atoms with Gasteiger partial charge in [-0.15, -0.1) is 5.11 Å². The van der Waals surface area contributed by atoms with Crippen LogP contribution in [-0.2, 0) is 4.74 Å². The van der Waals surface area contributed by atoms with Gasteiger partial charge in [-0.1, -0.05) is 18.2 Å². The van der Waals surface area contributed by atoms with Crippen LogP contribution in [0.1, 0.15) is 27.0 Å². The highest BCUT2D eigenvalue weighted by atomic mass is 16.4. The van der Waals surface area contributed by atoms with Crippen molar-refractivity contribution in [1.29, 1.82) is 10.5 Å². The molecule has 1 N–H and O–H groups in total. The molecular weight excluding hydrogens is 390 g/mol. The number of amides is 1. The van der Waals surface area contributed by atoms with Gasteiger partial charge in [0.1, 0.15) is 11.8 Å². The van der Waals surface area contributed by atoms with Crippen LogP contribution in [0.3, 0.4) is 0 Å². The van der Waals surface area contributed by atoms with Crippen molar-refractivity contribution in [3.05, 3.63) is 89.0 Å². The number of hydrogen-bond donors (Lipinski definition) is 1. The fourth-order valence-corrected chi connectivity index (χ4v) is 2.53. The Kier molecular flexibility index (Phi) is 8.60. The molecule has 3 rings (SSSR count). The van der Waals surface area contributed by atoms with Gasteiger partial charge in [-0.25, -0.2) is 0 Å². The summed E-state index contributed by atoms with van der Waals surface area (Å²) in [5.41, 5.74) is 3.75. The minimum atomic E-state index is -0.186. The fourth-order valence-electron chi connectivity index (χ4n) is 2.53. The average molecular weight is 411 g/mol. The zero-order valence-corrected chi connectivity index (χ0v) is 17.5. The van der Waals surface area contributed by atoms with Crippen LogP contribution >= 0.6 is 0 Å². The van der Waals surface area contributed by atoms with Gasteiger partial charge in [0.05, 0.1) is 22.9 Å². The summed E-state index contributed by atoms with van der Waals surface area (Å²) in [5, 5.41) is 29.2. The average Bonchev–Trinajstić information content (AvgIpc) is 2.80. The summed E-state index contributed by atoms with van der Waals surface area (Å²) in [7, 11) is 3.25. The minimum absolute atomic E-state index is 0.186. The van der Waals surface area contributed by atoms with Crippen molar-refractivity contribution in [1.82, 2.24) is 0 Å². The summed E-state index contributed by atoms with van der Waals surface area (Å²) in [6.45, 7) is 1.86. The molecular formula is C24H21N5O2. The lowest BCUT2D eigenvalue weighted by Crippen LogP contribution is -2.12. The van der Waals surface area contributed by atoms with Crippen LogP contribution in [0.15, 0.2) is 77.0 Å². The molecule has 7 heteroatoms. The number of hydrogen-bond acceptors (Lipinski definition) is 6. The third-order valence-electron chi connectivity index (χ3n) is 4.01. The Labute approximate surface area is 181 Å². The lowest BCUT2D eigenvalue weighted by atomic mass is 10.1. The molecule has 0 aliphatic rings. The smallest absolute Gasteiger partial charge is 0.255 e. The molecule has 0 unspecified atom stereocenters. The number of ether oxygens (including phenoxy) is 1. The second kappa shape index (κ2) is 11.6. The van der Waals surface area contributed by atoms with Gasteiger partial charge in [-0.05, 0) is 61.0 Å². The van der Waals surface area contributed by atoms with Gasteiger partial charge in [-0.3, -0.25) is 4.79 Å². The lowest BCUT2D eigenvalue weighted by Gasteiger charge is -2.09. The molecule has 3 aromatic carbocycles. The largest absolute Gasteiger partial charge is 0.388 e. The van der Waals surface area contributed by atoms with E-state index in [1.807, 2.05) is 37.3 Å². The van der Waals surface area contributed by atoms with Gasteiger partial charge in [0, 0.05) is 25.5 Å². The Morgan fingerprint density at radius 3 is 2.26 bits per heavy atom. The number of anilines is 1. The summed E-state index contributed by atoms with van der Waals surface area (Å²) in [5.74, 6) is -0.186. The van der Waals surface area contributed by atoms with Gasteiger partial charge in [0.2, 0.25) is 0 Å². The van der Waals surface area contributed by atoms with Gasteiger partial charge < -0.3 is 10.1 Å². The quantitative estimate of drug-likeness (QED) is 0.558. The van der Waals surface area contributed by atoms with Crippen molar-refractivity contribution in [2.75, 3.05) is 19.5 Å². The Morgan fingerprint density at radius 2 is 1.65 bits per heavy atom. The number of methoxy groups -OCH3 is 1. The Balaban J connectivity index is 0.00000107. The maximum absolute atomic E-state index is 12.3. The monoisotopic (exact) mass is 411 g/mol. The van der Waals surface area contributed by atoms with Gasteiger partial charge in [0.25, 0.3) is 5.91 Å². The number of nitriles is 2. The molecule has 7 nitrogen and oxygen atoms in total. The van der Waals surface area contributed by atoms with E-state index in [9.17, 15) is 10.1 Å². The maximum atomic E-state index is 12.3. The van der Waals surface area contributed by atoms with Crippen LogP contribution in [0.25, 0.3) is 0 Å². The highest BCUT2D eigenvalue weighted by Crippen LogP contribution is 2.26. The van der Waals surface area contributed by atoms with Crippen LogP contribution in [0, 0.1) is 29.6 Å². The third-order valence-corrected chi connectivity index (χ3v) is 4.01. The zero-order valence-electron chi connectivity index (χ0n) is 17.5. The summed E-state index contributed by atoms with van der Waals surface area (Å²) < 4.78 is 4.25. The predicted octanol–water partition coefficient (Wildman–Crippen LogP) is 5.67. The van der Waals surface area contributed by atoms with Crippen LogP contribution in [0.2, 0.25) is 0 Å². The molecule has 0 saturated heterocycles. The maximum Gasteiger partial charge on any atom is 0.255 e. The number of azo groups is 1. The van der Waals surface area contributed by atoms with Crippen molar-refractivity contribution in [3.8, 4) is 12.1 Å². The standard InChI is InChI=1S/C22H15N5O.C2H6O/c1-15-11-19(26-27-21-9-7-16(13-23)12-18(21)14-24)8-10-20(15)25-22(28)17-5-3-2-4-6-17;1-3-2/h2-12H,1H3,(H,25,28);1-2H3. The molecule has 0 atom stereocenters. The van der Waals surface area contributed by atoms with Crippen molar-refractivity contribution in [2.45, 2.75) is 6.92 Å². The SMILES string of the molecule is COC.Cc1cc(N=Nc2ccc(C#N)cc2C#N)ccc1NC(=O)c1ccccc1. The third kappa shape index (κ3) is 6.60. The summed E-state index contributed by atoms with van der Waals surface area (Å²) in [6, 6.07) is 22.9. The number of carbonyl (C=O) groups excluding carboxylic acids is 1. The molecule has 3 aromatic rings. The topological polar surface area (TPSA) is 111 Å². The second-order valence-electron chi connectivity index (χ2n) is 6.38. The van der Waals surface area contributed by atoms with E-state index in [1.165, 1.54) is 6.07 Å². The zero-order chi connectivity index (χ0) is 22.6.